The molecule has 3 aliphatic rings. The number of hydrogen-bond acceptors (Lipinski definition) is 6. The second kappa shape index (κ2) is 6.44. The van der Waals surface area contributed by atoms with Gasteiger partial charge < -0.3 is 14.4 Å². The van der Waals surface area contributed by atoms with Gasteiger partial charge in [0.2, 0.25) is 5.95 Å². The van der Waals surface area contributed by atoms with Gasteiger partial charge in [0.05, 0.1) is 17.4 Å². The Morgan fingerprint density at radius 2 is 2.04 bits per heavy atom. The Morgan fingerprint density at radius 1 is 1.25 bits per heavy atom. The van der Waals surface area contributed by atoms with Gasteiger partial charge >= 0.3 is 5.97 Å². The number of rotatable bonds is 2. The van der Waals surface area contributed by atoms with E-state index in [0.29, 0.717) is 37.4 Å². The summed E-state index contributed by atoms with van der Waals surface area (Å²) in [6.45, 7) is 1.31. The number of hydrogen-bond donors (Lipinski definition) is 1. The topological polar surface area (TPSA) is 84.5 Å². The molecule has 7 heteroatoms. The molecular weight excluding hydrogens is 358 g/mol. The molecule has 0 amide bonds. The SMILES string of the molecule is COC1CCCc2c1nc(N1CCC3(CC1)OC(=O)c1ccccc13)[nH]c2=O. The predicted molar refractivity (Wildman–Crippen MR) is 103 cm³/mol. The Labute approximate surface area is 162 Å². The number of esters is 1. The van der Waals surface area contributed by atoms with E-state index < -0.39 is 5.60 Å². The smallest absolute Gasteiger partial charge is 0.339 e. The molecule has 1 aromatic heterocycles. The highest BCUT2D eigenvalue weighted by Gasteiger charge is 2.47. The maximum Gasteiger partial charge on any atom is 0.339 e. The quantitative estimate of drug-likeness (QED) is 0.805. The van der Waals surface area contributed by atoms with Gasteiger partial charge in [-0.25, -0.2) is 9.78 Å². The predicted octanol–water partition coefficient (Wildman–Crippen LogP) is 2.46. The lowest BCUT2D eigenvalue weighted by atomic mass is 9.84. The highest BCUT2D eigenvalue weighted by Crippen LogP contribution is 2.44. The lowest BCUT2D eigenvalue weighted by Crippen LogP contribution is -2.44. The minimum atomic E-state index is -0.562. The van der Waals surface area contributed by atoms with Crippen LogP contribution in [0.4, 0.5) is 5.95 Å². The molecule has 146 valence electrons. The summed E-state index contributed by atoms with van der Waals surface area (Å²) in [5.74, 6) is 0.340. The fourth-order valence-electron chi connectivity index (χ4n) is 4.79. The average molecular weight is 381 g/mol. The Balaban J connectivity index is 1.42. The van der Waals surface area contributed by atoms with E-state index in [0.717, 1.165) is 36.1 Å². The van der Waals surface area contributed by atoms with E-state index in [1.54, 1.807) is 7.11 Å². The van der Waals surface area contributed by atoms with Crippen LogP contribution in [0.15, 0.2) is 29.1 Å². The van der Waals surface area contributed by atoms with Crippen LogP contribution in [0.5, 0.6) is 0 Å². The lowest BCUT2D eigenvalue weighted by molar-refractivity contribution is -0.0211. The Bertz CT molecular complexity index is 991. The zero-order valence-corrected chi connectivity index (χ0v) is 15.9. The third-order valence-corrected chi connectivity index (χ3v) is 6.31. The number of ether oxygens (including phenoxy) is 2. The summed E-state index contributed by atoms with van der Waals surface area (Å²) < 4.78 is 11.4. The molecule has 0 radical (unpaired) electrons. The molecule has 1 aromatic carbocycles. The van der Waals surface area contributed by atoms with Crippen LogP contribution in [0, 0.1) is 0 Å². The van der Waals surface area contributed by atoms with E-state index in [2.05, 4.69) is 9.88 Å². The number of aromatic amines is 1. The van der Waals surface area contributed by atoms with Crippen molar-refractivity contribution < 1.29 is 14.3 Å². The van der Waals surface area contributed by atoms with E-state index >= 15 is 0 Å². The van der Waals surface area contributed by atoms with E-state index in [1.807, 2.05) is 24.3 Å². The molecule has 0 saturated carbocycles. The second-order valence-corrected chi connectivity index (χ2v) is 7.79. The van der Waals surface area contributed by atoms with Crippen molar-refractivity contribution in [2.45, 2.75) is 43.8 Å². The maximum atomic E-state index is 12.6. The van der Waals surface area contributed by atoms with Crippen molar-refractivity contribution in [1.29, 1.82) is 0 Å². The second-order valence-electron chi connectivity index (χ2n) is 7.79. The van der Waals surface area contributed by atoms with Crippen LogP contribution in [0.25, 0.3) is 0 Å². The molecule has 2 aromatic rings. The number of piperidine rings is 1. The monoisotopic (exact) mass is 381 g/mol. The first-order valence-electron chi connectivity index (χ1n) is 9.85. The third kappa shape index (κ3) is 2.57. The van der Waals surface area contributed by atoms with E-state index in [4.69, 9.17) is 14.5 Å². The van der Waals surface area contributed by atoms with Gasteiger partial charge in [-0.05, 0) is 25.3 Å². The number of fused-ring (bicyclic) bond motifs is 3. The molecule has 1 saturated heterocycles. The lowest BCUT2D eigenvalue weighted by Gasteiger charge is -2.39. The molecule has 0 bridgehead atoms. The van der Waals surface area contributed by atoms with Crippen molar-refractivity contribution in [3.63, 3.8) is 0 Å². The standard InChI is InChI=1S/C21H23N3O4/c1-27-16-8-4-6-14-17(16)22-20(23-18(14)25)24-11-9-21(10-12-24)15-7-3-2-5-13(15)19(26)28-21/h2-3,5,7,16H,4,6,8-12H2,1H3,(H,22,23,25). The molecule has 2 aliphatic heterocycles. The zero-order chi connectivity index (χ0) is 19.3. The molecule has 28 heavy (non-hydrogen) atoms. The fraction of sp³-hybridized carbons (Fsp3) is 0.476. The number of aromatic nitrogens is 2. The van der Waals surface area contributed by atoms with Gasteiger partial charge in [-0.2, -0.15) is 0 Å². The number of methoxy groups -OCH3 is 1. The van der Waals surface area contributed by atoms with Crippen LogP contribution in [0.2, 0.25) is 0 Å². The molecule has 3 heterocycles. The summed E-state index contributed by atoms with van der Waals surface area (Å²) in [4.78, 5) is 34.6. The van der Waals surface area contributed by atoms with Gasteiger partial charge in [-0.3, -0.25) is 9.78 Å². The Kier molecular flexibility index (Phi) is 4.01. The summed E-state index contributed by atoms with van der Waals surface area (Å²) in [5.41, 5.74) is 2.53. The minimum absolute atomic E-state index is 0.0697. The van der Waals surface area contributed by atoms with Crippen molar-refractivity contribution >= 4 is 11.9 Å². The van der Waals surface area contributed by atoms with Crippen molar-refractivity contribution in [3.8, 4) is 0 Å². The van der Waals surface area contributed by atoms with E-state index in [1.165, 1.54) is 0 Å². The van der Waals surface area contributed by atoms with Crippen molar-refractivity contribution in [3.05, 3.63) is 57.0 Å². The Hall–Kier alpha value is -2.67. The van der Waals surface area contributed by atoms with E-state index in [9.17, 15) is 9.59 Å². The molecule has 7 nitrogen and oxygen atoms in total. The number of H-pyrrole nitrogens is 1. The highest BCUT2D eigenvalue weighted by molar-refractivity contribution is 5.94. The molecule has 1 unspecified atom stereocenters. The summed E-state index contributed by atoms with van der Waals surface area (Å²) in [7, 11) is 1.67. The molecular formula is C21H23N3O4. The van der Waals surface area contributed by atoms with E-state index in [-0.39, 0.29) is 17.6 Å². The number of nitrogens with zero attached hydrogens (tertiary/aromatic N) is 2. The number of nitrogens with one attached hydrogen (secondary N) is 1. The molecule has 1 N–H and O–H groups in total. The normalized spacial score (nSPS) is 22.7. The van der Waals surface area contributed by atoms with Gasteiger partial charge in [-0.1, -0.05) is 18.2 Å². The molecule has 1 aliphatic carbocycles. The number of carbonyl (C=O) groups excluding carboxylic acids is 1. The highest BCUT2D eigenvalue weighted by atomic mass is 16.6. The average Bonchev–Trinajstić information content (AvgIpc) is 3.00. The largest absolute Gasteiger partial charge is 0.450 e. The molecule has 1 atom stereocenters. The van der Waals surface area contributed by atoms with Crippen LogP contribution in [-0.4, -0.2) is 36.1 Å². The molecule has 1 spiro atoms. The Morgan fingerprint density at radius 3 is 2.82 bits per heavy atom. The van der Waals surface area contributed by atoms with Gasteiger partial charge in [-0.15, -0.1) is 0 Å². The molecule has 5 rings (SSSR count). The molecule has 1 fully saturated rings. The third-order valence-electron chi connectivity index (χ3n) is 6.31. The minimum Gasteiger partial charge on any atom is -0.450 e. The first kappa shape index (κ1) is 17.4. The zero-order valence-electron chi connectivity index (χ0n) is 15.9. The van der Waals surface area contributed by atoms with Crippen molar-refractivity contribution in [2.75, 3.05) is 25.1 Å². The summed E-state index contributed by atoms with van der Waals surface area (Å²) in [6.07, 6.45) is 3.79. The van der Waals surface area contributed by atoms with Crippen LogP contribution in [0.3, 0.4) is 0 Å². The number of anilines is 1. The van der Waals surface area contributed by atoms with Gasteiger partial charge in [0, 0.05) is 44.2 Å². The van der Waals surface area contributed by atoms with Gasteiger partial charge in [0.15, 0.2) is 0 Å². The van der Waals surface area contributed by atoms with Crippen molar-refractivity contribution in [1.82, 2.24) is 9.97 Å². The van der Waals surface area contributed by atoms with Crippen molar-refractivity contribution in [2.24, 2.45) is 0 Å². The maximum absolute atomic E-state index is 12.6. The fourth-order valence-corrected chi connectivity index (χ4v) is 4.79. The first-order valence-corrected chi connectivity index (χ1v) is 9.85. The van der Waals surface area contributed by atoms with Crippen LogP contribution >= 0.6 is 0 Å². The summed E-state index contributed by atoms with van der Waals surface area (Å²) >= 11 is 0. The van der Waals surface area contributed by atoms with Crippen LogP contribution < -0.4 is 10.5 Å². The van der Waals surface area contributed by atoms with Crippen LogP contribution in [0.1, 0.15) is 59.0 Å². The number of carbonyl (C=O) groups is 1. The number of benzene rings is 1. The summed E-state index contributed by atoms with van der Waals surface area (Å²) in [6, 6.07) is 7.62. The first-order chi connectivity index (χ1) is 13.6. The summed E-state index contributed by atoms with van der Waals surface area (Å²) in [5, 5.41) is 0. The van der Waals surface area contributed by atoms with Gasteiger partial charge in [0.1, 0.15) is 5.60 Å². The van der Waals surface area contributed by atoms with Gasteiger partial charge in [0.25, 0.3) is 5.56 Å². The van der Waals surface area contributed by atoms with Crippen LogP contribution in [-0.2, 0) is 21.5 Å².